The van der Waals surface area contributed by atoms with Gasteiger partial charge in [-0.1, -0.05) is 49.9 Å². The van der Waals surface area contributed by atoms with Gasteiger partial charge in [0.05, 0.1) is 5.02 Å². The van der Waals surface area contributed by atoms with Gasteiger partial charge in [-0.15, -0.1) is 6.42 Å². The predicted molar refractivity (Wildman–Crippen MR) is 71.5 cm³/mol. The summed E-state index contributed by atoms with van der Waals surface area (Å²) < 4.78 is 5.26. The third kappa shape index (κ3) is 4.35. The van der Waals surface area contributed by atoms with E-state index in [2.05, 4.69) is 5.92 Å². The number of ether oxygens (including phenoxy) is 1. The van der Waals surface area contributed by atoms with Crippen molar-refractivity contribution in [1.29, 1.82) is 0 Å². The molecule has 0 aromatic heterocycles. The molecule has 0 radical (unpaired) electrons. The molecular weight excluding hydrogens is 243 g/mol. The van der Waals surface area contributed by atoms with Gasteiger partial charge in [-0.2, -0.15) is 0 Å². The fourth-order valence-electron chi connectivity index (χ4n) is 1.07. The molecule has 1 aromatic carbocycles. The molecule has 0 amide bonds. The van der Waals surface area contributed by atoms with Gasteiger partial charge in [0.15, 0.2) is 0 Å². The lowest BCUT2D eigenvalue weighted by atomic mass is 10.1. The highest BCUT2D eigenvalue weighted by Gasteiger charge is 2.06. The van der Waals surface area contributed by atoms with Crippen LogP contribution in [0.25, 0.3) is 0 Å². The third-order valence-corrected chi connectivity index (χ3v) is 2.44. The Hall–Kier alpha value is -0.840. The maximum Gasteiger partial charge on any atom is 0.148 e. The van der Waals surface area contributed by atoms with Gasteiger partial charge in [-0.3, -0.25) is 0 Å². The monoisotopic (exact) mass is 258 g/mol. The normalized spacial score (nSPS) is 8.75. The number of rotatable bonds is 3. The second-order valence-electron chi connectivity index (χ2n) is 2.72. The molecule has 88 valence electrons. The first kappa shape index (κ1) is 15.2. The van der Waals surface area contributed by atoms with E-state index in [1.807, 2.05) is 26.8 Å². The van der Waals surface area contributed by atoms with Gasteiger partial charge >= 0.3 is 0 Å². The second-order valence-corrected chi connectivity index (χ2v) is 3.53. The summed E-state index contributed by atoms with van der Waals surface area (Å²) in [7, 11) is 0. The van der Waals surface area contributed by atoms with Gasteiger partial charge in [0.1, 0.15) is 12.4 Å². The molecule has 0 atom stereocenters. The highest BCUT2D eigenvalue weighted by Crippen LogP contribution is 2.31. The molecule has 0 aliphatic heterocycles. The van der Waals surface area contributed by atoms with E-state index in [0.29, 0.717) is 15.8 Å². The summed E-state index contributed by atoms with van der Waals surface area (Å²) in [5, 5.41) is 1.15. The Morgan fingerprint density at radius 3 is 2.38 bits per heavy atom. The van der Waals surface area contributed by atoms with Crippen molar-refractivity contribution >= 4 is 23.2 Å². The van der Waals surface area contributed by atoms with Crippen LogP contribution in [-0.4, -0.2) is 6.61 Å². The smallest absolute Gasteiger partial charge is 0.148 e. The molecule has 0 spiro atoms. The van der Waals surface area contributed by atoms with Crippen LogP contribution >= 0.6 is 23.2 Å². The summed E-state index contributed by atoms with van der Waals surface area (Å²) in [5.74, 6) is 2.97. The zero-order chi connectivity index (χ0) is 12.6. The van der Waals surface area contributed by atoms with E-state index in [0.717, 1.165) is 12.0 Å². The molecule has 1 rings (SSSR count). The summed E-state index contributed by atoms with van der Waals surface area (Å²) >= 11 is 11.9. The SMILES string of the molecule is C#CCOc1cc(CC)c(Cl)cc1Cl.CC. The summed E-state index contributed by atoms with van der Waals surface area (Å²) in [4.78, 5) is 0. The minimum atomic E-state index is 0.213. The molecule has 0 heterocycles. The van der Waals surface area contributed by atoms with Gasteiger partial charge in [-0.05, 0) is 24.1 Å². The van der Waals surface area contributed by atoms with Crippen LogP contribution in [0.4, 0.5) is 0 Å². The lowest BCUT2D eigenvalue weighted by Gasteiger charge is -2.08. The first-order valence-electron chi connectivity index (χ1n) is 5.23. The number of halogens is 2. The van der Waals surface area contributed by atoms with Crippen LogP contribution in [0.3, 0.4) is 0 Å². The molecule has 1 aromatic rings. The minimum Gasteiger partial charge on any atom is -0.479 e. The quantitative estimate of drug-likeness (QED) is 0.721. The van der Waals surface area contributed by atoms with Gasteiger partial charge < -0.3 is 4.74 Å². The average molecular weight is 259 g/mol. The first-order valence-corrected chi connectivity index (χ1v) is 5.98. The van der Waals surface area contributed by atoms with E-state index in [4.69, 9.17) is 34.4 Å². The topological polar surface area (TPSA) is 9.23 Å². The van der Waals surface area contributed by atoms with Crippen molar-refractivity contribution in [3.05, 3.63) is 27.7 Å². The van der Waals surface area contributed by atoms with Crippen LogP contribution in [0, 0.1) is 12.3 Å². The van der Waals surface area contributed by atoms with Gasteiger partial charge in [0.2, 0.25) is 0 Å². The summed E-state index contributed by atoms with van der Waals surface area (Å²) in [5.41, 5.74) is 1.00. The van der Waals surface area contributed by atoms with Crippen molar-refractivity contribution < 1.29 is 4.74 Å². The molecule has 0 unspecified atom stereocenters. The lowest BCUT2D eigenvalue weighted by Crippen LogP contribution is -1.95. The average Bonchev–Trinajstić information content (AvgIpc) is 2.31. The second kappa shape index (κ2) is 8.33. The maximum atomic E-state index is 5.96. The van der Waals surface area contributed by atoms with Crippen molar-refractivity contribution in [2.45, 2.75) is 27.2 Å². The zero-order valence-corrected chi connectivity index (χ0v) is 11.3. The number of hydrogen-bond donors (Lipinski definition) is 0. The number of terminal acetylenes is 1. The van der Waals surface area contributed by atoms with E-state index in [1.165, 1.54) is 0 Å². The molecule has 0 saturated carbocycles. The number of aryl methyl sites for hydroxylation is 1. The summed E-state index contributed by atoms with van der Waals surface area (Å²) in [6, 6.07) is 3.50. The number of hydrogen-bond acceptors (Lipinski definition) is 1. The van der Waals surface area contributed by atoms with Crippen molar-refractivity contribution in [2.75, 3.05) is 6.61 Å². The van der Waals surface area contributed by atoms with Crippen molar-refractivity contribution in [3.63, 3.8) is 0 Å². The Bertz CT molecular complexity index is 367. The summed E-state index contributed by atoms with van der Waals surface area (Å²) in [6.45, 7) is 6.23. The third-order valence-electron chi connectivity index (χ3n) is 1.79. The molecule has 0 aliphatic rings. The highest BCUT2D eigenvalue weighted by molar-refractivity contribution is 6.36. The molecule has 0 saturated heterocycles. The molecule has 0 bridgehead atoms. The van der Waals surface area contributed by atoms with E-state index in [-0.39, 0.29) is 6.61 Å². The Morgan fingerprint density at radius 1 is 1.25 bits per heavy atom. The summed E-state index contributed by atoms with van der Waals surface area (Å²) in [6.07, 6.45) is 5.92. The van der Waals surface area contributed by atoms with Crippen LogP contribution < -0.4 is 4.74 Å². The van der Waals surface area contributed by atoms with Crippen molar-refractivity contribution in [1.82, 2.24) is 0 Å². The van der Waals surface area contributed by atoms with Crippen LogP contribution in [0.5, 0.6) is 5.75 Å². The molecular formula is C13H16Cl2O. The molecule has 1 nitrogen and oxygen atoms in total. The Morgan fingerprint density at radius 2 is 1.88 bits per heavy atom. The van der Waals surface area contributed by atoms with Crippen molar-refractivity contribution in [3.8, 4) is 18.1 Å². The van der Waals surface area contributed by atoms with Crippen LogP contribution in [0.15, 0.2) is 12.1 Å². The maximum absolute atomic E-state index is 5.96. The number of benzene rings is 1. The first-order chi connectivity index (χ1) is 7.69. The van der Waals surface area contributed by atoms with E-state index in [1.54, 1.807) is 6.07 Å². The Kier molecular flexibility index (Phi) is 7.89. The van der Waals surface area contributed by atoms with E-state index < -0.39 is 0 Å². The predicted octanol–water partition coefficient (Wildman–Crippen LogP) is 4.59. The van der Waals surface area contributed by atoms with Gasteiger partial charge in [-0.25, -0.2) is 0 Å². The van der Waals surface area contributed by atoms with Crippen LogP contribution in [0.2, 0.25) is 10.0 Å². The van der Waals surface area contributed by atoms with E-state index in [9.17, 15) is 0 Å². The lowest BCUT2D eigenvalue weighted by molar-refractivity contribution is 0.370. The molecule has 0 fully saturated rings. The van der Waals surface area contributed by atoms with Crippen LogP contribution in [0.1, 0.15) is 26.3 Å². The fraction of sp³-hybridized carbons (Fsp3) is 0.385. The highest BCUT2D eigenvalue weighted by atomic mass is 35.5. The van der Waals surface area contributed by atoms with E-state index >= 15 is 0 Å². The largest absolute Gasteiger partial charge is 0.479 e. The molecule has 0 aliphatic carbocycles. The molecule has 3 heteroatoms. The van der Waals surface area contributed by atoms with Crippen LogP contribution in [-0.2, 0) is 6.42 Å². The van der Waals surface area contributed by atoms with Crippen molar-refractivity contribution in [2.24, 2.45) is 0 Å². The zero-order valence-electron chi connectivity index (χ0n) is 9.81. The van der Waals surface area contributed by atoms with Gasteiger partial charge in [0, 0.05) is 5.02 Å². The van der Waals surface area contributed by atoms with Gasteiger partial charge in [0.25, 0.3) is 0 Å². The Labute approximate surface area is 108 Å². The standard InChI is InChI=1S/C11H10Cl2O.C2H6/c1-3-5-14-11-6-8(4-2)9(12)7-10(11)13;1-2/h1,6-7H,4-5H2,2H3;1-2H3. The molecule has 0 N–H and O–H groups in total. The Balaban J connectivity index is 0.00000106. The molecule has 16 heavy (non-hydrogen) atoms. The fourth-order valence-corrected chi connectivity index (χ4v) is 1.64. The minimum absolute atomic E-state index is 0.213.